The van der Waals surface area contributed by atoms with Crippen molar-refractivity contribution < 1.29 is 5.11 Å². The molecule has 5 nitrogen and oxygen atoms in total. The van der Waals surface area contributed by atoms with Crippen molar-refractivity contribution >= 4 is 11.5 Å². The van der Waals surface area contributed by atoms with Crippen LogP contribution in [0.5, 0.6) is 0 Å². The number of hydrogen-bond donors (Lipinski definition) is 2. The lowest BCUT2D eigenvalue weighted by Crippen LogP contribution is -2.43. The number of rotatable bonds is 2. The van der Waals surface area contributed by atoms with E-state index in [0.717, 1.165) is 5.56 Å². The van der Waals surface area contributed by atoms with Gasteiger partial charge in [0.2, 0.25) is 0 Å². The van der Waals surface area contributed by atoms with Crippen molar-refractivity contribution in [2.45, 2.75) is 18.4 Å². The van der Waals surface area contributed by atoms with Gasteiger partial charge in [0, 0.05) is 13.1 Å². The molecule has 3 rings (SSSR count). The van der Waals surface area contributed by atoms with Crippen molar-refractivity contribution in [2.24, 2.45) is 0 Å². The first-order valence-electron chi connectivity index (χ1n) is 7.31. The Morgan fingerprint density at radius 3 is 2.55 bits per heavy atom. The Balaban J connectivity index is 1.79. The third-order valence-corrected chi connectivity index (χ3v) is 4.21. The van der Waals surface area contributed by atoms with E-state index >= 15 is 0 Å². The SMILES string of the molecule is N#Cc1cc(N)cnc1N1CCC(O)(c2ccccc2)CC1. The highest BCUT2D eigenvalue weighted by Gasteiger charge is 2.34. The number of nitriles is 1. The number of pyridine rings is 1. The molecule has 1 aromatic carbocycles. The molecule has 22 heavy (non-hydrogen) atoms. The van der Waals surface area contributed by atoms with Crippen LogP contribution in [-0.4, -0.2) is 23.2 Å². The zero-order chi connectivity index (χ0) is 15.6. The number of hydrogen-bond acceptors (Lipinski definition) is 5. The van der Waals surface area contributed by atoms with Gasteiger partial charge in [0.15, 0.2) is 0 Å². The molecule has 0 amide bonds. The standard InChI is InChI=1S/C17H18N4O/c18-11-13-10-15(19)12-20-16(13)21-8-6-17(22,7-9-21)14-4-2-1-3-5-14/h1-5,10,12,22H,6-9,19H2. The van der Waals surface area contributed by atoms with E-state index in [0.29, 0.717) is 43.0 Å². The molecular weight excluding hydrogens is 276 g/mol. The van der Waals surface area contributed by atoms with Crippen LogP contribution in [-0.2, 0) is 5.60 Å². The lowest BCUT2D eigenvalue weighted by Gasteiger charge is -2.39. The van der Waals surface area contributed by atoms with Gasteiger partial charge in [-0.05, 0) is 24.5 Å². The van der Waals surface area contributed by atoms with E-state index in [2.05, 4.69) is 11.1 Å². The Labute approximate surface area is 129 Å². The van der Waals surface area contributed by atoms with Gasteiger partial charge in [0.25, 0.3) is 0 Å². The number of nitrogen functional groups attached to an aromatic ring is 1. The molecule has 3 N–H and O–H groups in total. The molecule has 1 aromatic heterocycles. The maximum absolute atomic E-state index is 10.8. The van der Waals surface area contributed by atoms with Gasteiger partial charge in [-0.25, -0.2) is 4.98 Å². The van der Waals surface area contributed by atoms with Crippen LogP contribution in [0.4, 0.5) is 11.5 Å². The van der Waals surface area contributed by atoms with E-state index in [1.165, 1.54) is 0 Å². The number of nitrogens with zero attached hydrogens (tertiary/aromatic N) is 3. The maximum atomic E-state index is 10.8. The van der Waals surface area contributed by atoms with Crippen LogP contribution in [0.2, 0.25) is 0 Å². The first-order valence-corrected chi connectivity index (χ1v) is 7.31. The summed E-state index contributed by atoms with van der Waals surface area (Å²) in [6.45, 7) is 1.30. The summed E-state index contributed by atoms with van der Waals surface area (Å²) in [6, 6.07) is 13.5. The second-order valence-electron chi connectivity index (χ2n) is 5.64. The van der Waals surface area contributed by atoms with Gasteiger partial charge in [-0.3, -0.25) is 0 Å². The van der Waals surface area contributed by atoms with E-state index in [4.69, 9.17) is 5.73 Å². The molecule has 0 unspecified atom stereocenters. The van der Waals surface area contributed by atoms with Crippen LogP contribution in [0.3, 0.4) is 0 Å². The number of aromatic nitrogens is 1. The van der Waals surface area contributed by atoms with Crippen LogP contribution in [0, 0.1) is 11.3 Å². The molecule has 1 fully saturated rings. The lowest BCUT2D eigenvalue weighted by molar-refractivity contribution is 0.0116. The number of aliphatic hydroxyl groups is 1. The highest BCUT2D eigenvalue weighted by Crippen LogP contribution is 2.34. The Bertz CT molecular complexity index is 700. The normalized spacial score (nSPS) is 17.0. The second kappa shape index (κ2) is 5.66. The maximum Gasteiger partial charge on any atom is 0.146 e. The Morgan fingerprint density at radius 2 is 1.91 bits per heavy atom. The molecule has 5 heteroatoms. The summed E-state index contributed by atoms with van der Waals surface area (Å²) < 4.78 is 0. The van der Waals surface area contributed by atoms with Crippen molar-refractivity contribution in [3.63, 3.8) is 0 Å². The van der Waals surface area contributed by atoms with E-state index in [9.17, 15) is 10.4 Å². The molecule has 0 radical (unpaired) electrons. The zero-order valence-corrected chi connectivity index (χ0v) is 12.2. The number of piperidine rings is 1. The van der Waals surface area contributed by atoms with E-state index in [1.807, 2.05) is 35.2 Å². The minimum atomic E-state index is -0.807. The first-order chi connectivity index (χ1) is 10.6. The molecule has 0 spiro atoms. The summed E-state index contributed by atoms with van der Waals surface area (Å²) in [5, 5.41) is 20.1. The fraction of sp³-hybridized carbons (Fsp3) is 0.294. The van der Waals surface area contributed by atoms with Gasteiger partial charge in [0.05, 0.1) is 23.0 Å². The molecule has 1 aliphatic heterocycles. The molecule has 0 aliphatic carbocycles. The minimum Gasteiger partial charge on any atom is -0.397 e. The average Bonchev–Trinajstić information content (AvgIpc) is 2.56. The average molecular weight is 294 g/mol. The van der Waals surface area contributed by atoms with Crippen molar-refractivity contribution in [3.8, 4) is 6.07 Å². The fourth-order valence-corrected chi connectivity index (χ4v) is 2.93. The van der Waals surface area contributed by atoms with Gasteiger partial charge in [0.1, 0.15) is 11.9 Å². The predicted octanol–water partition coefficient (Wildman–Crippen LogP) is 2.02. The van der Waals surface area contributed by atoms with Gasteiger partial charge in [-0.2, -0.15) is 5.26 Å². The van der Waals surface area contributed by atoms with Gasteiger partial charge >= 0.3 is 0 Å². The fourth-order valence-electron chi connectivity index (χ4n) is 2.93. The molecule has 0 atom stereocenters. The van der Waals surface area contributed by atoms with Gasteiger partial charge in [-0.1, -0.05) is 30.3 Å². The molecule has 1 saturated heterocycles. The Hall–Kier alpha value is -2.58. The van der Waals surface area contributed by atoms with Crippen LogP contribution in [0.15, 0.2) is 42.6 Å². The van der Waals surface area contributed by atoms with Crippen LogP contribution in [0.1, 0.15) is 24.0 Å². The van der Waals surface area contributed by atoms with Crippen LogP contribution < -0.4 is 10.6 Å². The van der Waals surface area contributed by atoms with Crippen LogP contribution in [0.25, 0.3) is 0 Å². The summed E-state index contributed by atoms with van der Waals surface area (Å²) in [4.78, 5) is 6.33. The highest BCUT2D eigenvalue weighted by molar-refractivity contribution is 5.59. The summed E-state index contributed by atoms with van der Waals surface area (Å²) in [5.74, 6) is 0.645. The minimum absolute atomic E-state index is 0.477. The number of anilines is 2. The predicted molar refractivity (Wildman–Crippen MR) is 85.2 cm³/mol. The second-order valence-corrected chi connectivity index (χ2v) is 5.64. The van der Waals surface area contributed by atoms with Crippen molar-refractivity contribution in [3.05, 3.63) is 53.7 Å². The molecule has 2 heterocycles. The van der Waals surface area contributed by atoms with Gasteiger partial charge in [-0.15, -0.1) is 0 Å². The summed E-state index contributed by atoms with van der Waals surface area (Å²) >= 11 is 0. The van der Waals surface area contributed by atoms with E-state index < -0.39 is 5.60 Å². The largest absolute Gasteiger partial charge is 0.397 e. The third kappa shape index (κ3) is 2.61. The summed E-state index contributed by atoms with van der Waals surface area (Å²) in [6.07, 6.45) is 2.77. The summed E-state index contributed by atoms with van der Waals surface area (Å²) in [7, 11) is 0. The monoisotopic (exact) mass is 294 g/mol. The molecule has 1 aliphatic rings. The molecular formula is C17H18N4O. The topological polar surface area (TPSA) is 86.2 Å². The van der Waals surface area contributed by atoms with Crippen LogP contribution >= 0.6 is 0 Å². The molecule has 0 bridgehead atoms. The zero-order valence-electron chi connectivity index (χ0n) is 12.2. The molecule has 0 saturated carbocycles. The van der Waals surface area contributed by atoms with E-state index in [-0.39, 0.29) is 0 Å². The molecule has 112 valence electrons. The highest BCUT2D eigenvalue weighted by atomic mass is 16.3. The smallest absolute Gasteiger partial charge is 0.146 e. The van der Waals surface area contributed by atoms with Crippen molar-refractivity contribution in [1.82, 2.24) is 4.98 Å². The third-order valence-electron chi connectivity index (χ3n) is 4.21. The quantitative estimate of drug-likeness (QED) is 0.885. The Kier molecular flexibility index (Phi) is 3.70. The van der Waals surface area contributed by atoms with Gasteiger partial charge < -0.3 is 15.7 Å². The Morgan fingerprint density at radius 1 is 1.23 bits per heavy atom. The summed E-state index contributed by atoms with van der Waals surface area (Å²) in [5.41, 5.74) is 6.78. The van der Waals surface area contributed by atoms with Crippen molar-refractivity contribution in [1.29, 1.82) is 5.26 Å². The number of benzene rings is 1. The van der Waals surface area contributed by atoms with Crippen molar-refractivity contribution in [2.75, 3.05) is 23.7 Å². The first kappa shape index (κ1) is 14.4. The number of nitrogens with two attached hydrogens (primary N) is 1. The molecule has 2 aromatic rings. The van der Waals surface area contributed by atoms with E-state index in [1.54, 1.807) is 12.3 Å². The lowest BCUT2D eigenvalue weighted by atomic mass is 9.84.